The monoisotopic (exact) mass is 262 g/mol. The molecule has 0 aliphatic heterocycles. The molecule has 0 saturated heterocycles. The summed E-state index contributed by atoms with van der Waals surface area (Å²) in [5.41, 5.74) is 8.42. The Bertz CT molecular complexity index is 520. The molecule has 0 unspecified atom stereocenters. The van der Waals surface area contributed by atoms with Crippen LogP contribution in [0.25, 0.3) is 0 Å². The van der Waals surface area contributed by atoms with Crippen molar-refractivity contribution >= 4 is 28.7 Å². The van der Waals surface area contributed by atoms with Gasteiger partial charge in [-0.3, -0.25) is 0 Å². The first-order valence-electron chi connectivity index (χ1n) is 5.55. The van der Waals surface area contributed by atoms with E-state index in [0.29, 0.717) is 10.7 Å². The number of ether oxygens (including phenoxy) is 1. The topological polar surface area (TPSA) is 38.5 Å². The molecule has 0 bridgehead atoms. The fourth-order valence-electron chi connectivity index (χ4n) is 1.82. The fourth-order valence-corrected chi connectivity index (χ4v) is 2.13. The maximum absolute atomic E-state index is 6.19. The number of para-hydroxylation sites is 1. The van der Waals surface area contributed by atoms with E-state index in [4.69, 9.17) is 22.1 Å². The van der Waals surface area contributed by atoms with E-state index in [1.54, 1.807) is 7.11 Å². The number of anilines is 3. The second kappa shape index (κ2) is 5.19. The lowest BCUT2D eigenvalue weighted by molar-refractivity contribution is 0.415. The third-order valence-electron chi connectivity index (χ3n) is 2.81. The molecule has 2 N–H and O–H groups in total. The van der Waals surface area contributed by atoms with Crippen LogP contribution in [-0.4, -0.2) is 14.2 Å². The maximum Gasteiger partial charge on any atom is 0.119 e. The van der Waals surface area contributed by atoms with Crippen LogP contribution < -0.4 is 15.4 Å². The van der Waals surface area contributed by atoms with Crippen molar-refractivity contribution in [2.75, 3.05) is 24.8 Å². The highest BCUT2D eigenvalue weighted by molar-refractivity contribution is 6.34. The molecular weight excluding hydrogens is 248 g/mol. The van der Waals surface area contributed by atoms with Crippen LogP contribution in [0.2, 0.25) is 5.02 Å². The number of hydrogen-bond donors (Lipinski definition) is 1. The number of halogens is 1. The molecule has 0 amide bonds. The average molecular weight is 263 g/mol. The van der Waals surface area contributed by atoms with Gasteiger partial charge in [-0.2, -0.15) is 0 Å². The van der Waals surface area contributed by atoms with Crippen LogP contribution >= 0.6 is 11.6 Å². The average Bonchev–Trinajstić information content (AvgIpc) is 2.38. The molecule has 2 aromatic rings. The van der Waals surface area contributed by atoms with Crippen molar-refractivity contribution in [2.45, 2.75) is 0 Å². The molecule has 0 radical (unpaired) electrons. The third-order valence-corrected chi connectivity index (χ3v) is 3.12. The van der Waals surface area contributed by atoms with Crippen molar-refractivity contribution in [3.63, 3.8) is 0 Å². The summed E-state index contributed by atoms with van der Waals surface area (Å²) < 4.78 is 5.13. The Morgan fingerprint density at radius 2 is 1.78 bits per heavy atom. The first-order valence-corrected chi connectivity index (χ1v) is 5.93. The summed E-state index contributed by atoms with van der Waals surface area (Å²) in [6.45, 7) is 0. The van der Waals surface area contributed by atoms with Gasteiger partial charge in [-0.15, -0.1) is 0 Å². The molecule has 0 fully saturated rings. The summed E-state index contributed by atoms with van der Waals surface area (Å²) in [7, 11) is 3.57. The second-order valence-corrected chi connectivity index (χ2v) is 4.34. The Morgan fingerprint density at radius 3 is 2.33 bits per heavy atom. The molecule has 0 atom stereocenters. The van der Waals surface area contributed by atoms with Gasteiger partial charge in [-0.05, 0) is 36.4 Å². The van der Waals surface area contributed by atoms with Gasteiger partial charge in [0.1, 0.15) is 5.75 Å². The Kier molecular flexibility index (Phi) is 3.63. The van der Waals surface area contributed by atoms with Crippen LogP contribution in [0.3, 0.4) is 0 Å². The predicted molar refractivity (Wildman–Crippen MR) is 76.9 cm³/mol. The molecule has 18 heavy (non-hydrogen) atoms. The van der Waals surface area contributed by atoms with E-state index in [0.717, 1.165) is 17.1 Å². The van der Waals surface area contributed by atoms with Crippen LogP contribution in [0.5, 0.6) is 5.75 Å². The van der Waals surface area contributed by atoms with Crippen LogP contribution in [0, 0.1) is 0 Å². The molecular formula is C14H15ClN2O. The number of methoxy groups -OCH3 is 1. The van der Waals surface area contributed by atoms with Gasteiger partial charge in [0.2, 0.25) is 0 Å². The quantitative estimate of drug-likeness (QED) is 0.858. The number of nitrogen functional groups attached to an aromatic ring is 1. The Hall–Kier alpha value is -1.87. The number of benzene rings is 2. The van der Waals surface area contributed by atoms with Crippen LogP contribution in [0.1, 0.15) is 0 Å². The Morgan fingerprint density at radius 1 is 1.11 bits per heavy atom. The molecule has 0 aliphatic rings. The minimum Gasteiger partial charge on any atom is -0.497 e. The highest BCUT2D eigenvalue weighted by atomic mass is 35.5. The summed E-state index contributed by atoms with van der Waals surface area (Å²) in [5.74, 6) is 0.819. The van der Waals surface area contributed by atoms with Crippen molar-refractivity contribution in [3.8, 4) is 5.75 Å². The van der Waals surface area contributed by atoms with Crippen molar-refractivity contribution in [3.05, 3.63) is 47.5 Å². The first kappa shape index (κ1) is 12.6. The molecule has 4 heteroatoms. The SMILES string of the molecule is COc1ccc(N(C)c2c(N)cccc2Cl)cc1. The lowest BCUT2D eigenvalue weighted by Crippen LogP contribution is -2.12. The zero-order valence-corrected chi connectivity index (χ0v) is 11.1. The zero-order valence-electron chi connectivity index (χ0n) is 10.4. The van der Waals surface area contributed by atoms with Crippen LogP contribution in [0.15, 0.2) is 42.5 Å². The molecule has 94 valence electrons. The normalized spacial score (nSPS) is 10.2. The molecule has 0 saturated carbocycles. The van der Waals surface area contributed by atoms with E-state index in [1.165, 1.54) is 0 Å². The van der Waals surface area contributed by atoms with Gasteiger partial charge >= 0.3 is 0 Å². The van der Waals surface area contributed by atoms with Crippen molar-refractivity contribution in [1.82, 2.24) is 0 Å². The number of nitrogens with zero attached hydrogens (tertiary/aromatic N) is 1. The van der Waals surface area contributed by atoms with Gasteiger partial charge in [0.05, 0.1) is 23.5 Å². The van der Waals surface area contributed by atoms with Crippen molar-refractivity contribution in [2.24, 2.45) is 0 Å². The summed E-state index contributed by atoms with van der Waals surface area (Å²) in [6, 6.07) is 13.2. The van der Waals surface area contributed by atoms with E-state index in [9.17, 15) is 0 Å². The summed E-state index contributed by atoms with van der Waals surface area (Å²) in [4.78, 5) is 1.96. The minimum atomic E-state index is 0.633. The smallest absolute Gasteiger partial charge is 0.119 e. The molecule has 0 aliphatic carbocycles. The molecule has 0 spiro atoms. The Labute approximate surface area is 112 Å². The van der Waals surface area contributed by atoms with E-state index in [1.807, 2.05) is 54.4 Å². The number of nitrogens with two attached hydrogens (primary N) is 1. The van der Waals surface area contributed by atoms with Gasteiger partial charge in [-0.1, -0.05) is 17.7 Å². The molecule has 2 aromatic carbocycles. The lowest BCUT2D eigenvalue weighted by Gasteiger charge is -2.22. The highest BCUT2D eigenvalue weighted by Gasteiger charge is 2.11. The standard InChI is InChI=1S/C14H15ClN2O/c1-17(10-6-8-11(18-2)9-7-10)14-12(15)4-3-5-13(14)16/h3-9H,16H2,1-2H3. The van der Waals surface area contributed by atoms with Crippen LogP contribution in [-0.2, 0) is 0 Å². The maximum atomic E-state index is 6.19. The zero-order chi connectivity index (χ0) is 13.1. The fraction of sp³-hybridized carbons (Fsp3) is 0.143. The minimum absolute atomic E-state index is 0.633. The van der Waals surface area contributed by atoms with Gasteiger partial charge in [0.25, 0.3) is 0 Å². The van der Waals surface area contributed by atoms with Gasteiger partial charge in [0, 0.05) is 12.7 Å². The van der Waals surface area contributed by atoms with Crippen LogP contribution in [0.4, 0.5) is 17.1 Å². The highest BCUT2D eigenvalue weighted by Crippen LogP contribution is 2.35. The van der Waals surface area contributed by atoms with E-state index in [2.05, 4.69) is 0 Å². The summed E-state index contributed by atoms with van der Waals surface area (Å²) in [6.07, 6.45) is 0. The summed E-state index contributed by atoms with van der Waals surface area (Å²) >= 11 is 6.19. The van der Waals surface area contributed by atoms with Gasteiger partial charge in [0.15, 0.2) is 0 Å². The van der Waals surface area contributed by atoms with Gasteiger partial charge < -0.3 is 15.4 Å². The predicted octanol–water partition coefficient (Wildman–Crippen LogP) is 3.70. The van der Waals surface area contributed by atoms with Gasteiger partial charge in [-0.25, -0.2) is 0 Å². The largest absolute Gasteiger partial charge is 0.497 e. The number of rotatable bonds is 3. The molecule has 2 rings (SSSR count). The second-order valence-electron chi connectivity index (χ2n) is 3.93. The van der Waals surface area contributed by atoms with E-state index < -0.39 is 0 Å². The first-order chi connectivity index (χ1) is 8.63. The Balaban J connectivity index is 2.38. The number of hydrogen-bond acceptors (Lipinski definition) is 3. The molecule has 0 heterocycles. The van der Waals surface area contributed by atoms with Crippen molar-refractivity contribution < 1.29 is 4.74 Å². The molecule has 0 aromatic heterocycles. The van der Waals surface area contributed by atoms with Crippen molar-refractivity contribution in [1.29, 1.82) is 0 Å². The third kappa shape index (κ3) is 2.36. The van der Waals surface area contributed by atoms with E-state index in [-0.39, 0.29) is 0 Å². The summed E-state index contributed by atoms with van der Waals surface area (Å²) in [5, 5.41) is 0.633. The lowest BCUT2D eigenvalue weighted by atomic mass is 10.2. The van der Waals surface area contributed by atoms with E-state index >= 15 is 0 Å². The molecule has 3 nitrogen and oxygen atoms in total.